The van der Waals surface area contributed by atoms with E-state index in [1.54, 1.807) is 18.5 Å². The van der Waals surface area contributed by atoms with Gasteiger partial charge >= 0.3 is 0 Å². The number of aromatic amines is 1. The van der Waals surface area contributed by atoms with E-state index in [4.69, 9.17) is 4.74 Å². The van der Waals surface area contributed by atoms with Crippen LogP contribution in [0.5, 0.6) is 11.6 Å². The van der Waals surface area contributed by atoms with E-state index in [1.165, 1.54) is 19.3 Å². The quantitative estimate of drug-likeness (QED) is 0.605. The topological polar surface area (TPSA) is 96.0 Å². The van der Waals surface area contributed by atoms with Crippen molar-refractivity contribution >= 4 is 0 Å². The molecule has 3 N–H and O–H groups in total. The van der Waals surface area contributed by atoms with E-state index in [0.29, 0.717) is 17.1 Å². The van der Waals surface area contributed by atoms with Crippen molar-refractivity contribution < 1.29 is 9.84 Å². The molecule has 2 atom stereocenters. The van der Waals surface area contributed by atoms with Crippen LogP contribution in [0.3, 0.4) is 0 Å². The van der Waals surface area contributed by atoms with E-state index in [1.807, 2.05) is 24.3 Å². The second-order valence-corrected chi connectivity index (χ2v) is 9.22. The van der Waals surface area contributed by atoms with Crippen LogP contribution in [0.1, 0.15) is 46.0 Å². The molecule has 2 fully saturated rings. The zero-order valence-electron chi connectivity index (χ0n) is 17.4. The monoisotopic (exact) mass is 405 g/mol. The highest BCUT2D eigenvalue weighted by Crippen LogP contribution is 2.41. The molecule has 7 nitrogen and oxygen atoms in total. The fourth-order valence-corrected chi connectivity index (χ4v) is 5.22. The lowest BCUT2D eigenvalue weighted by atomic mass is 9.70. The van der Waals surface area contributed by atoms with Crippen molar-refractivity contribution in [3.63, 3.8) is 0 Å². The smallest absolute Gasteiger partial charge is 0.233 e. The Morgan fingerprint density at radius 3 is 2.47 bits per heavy atom. The number of ether oxygens (including phenoxy) is 1. The van der Waals surface area contributed by atoms with Crippen LogP contribution in [0.4, 0.5) is 0 Å². The van der Waals surface area contributed by atoms with Crippen LogP contribution in [0, 0.1) is 0 Å². The summed E-state index contributed by atoms with van der Waals surface area (Å²) in [6, 6.07) is 9.18. The number of phenolic OH excluding ortho intramolecular Hbond substituents is 1. The van der Waals surface area contributed by atoms with E-state index in [2.05, 4.69) is 39.6 Å². The largest absolute Gasteiger partial charge is 0.507 e. The van der Waals surface area contributed by atoms with Gasteiger partial charge in [-0.05, 0) is 56.9 Å². The minimum absolute atomic E-state index is 0.129. The van der Waals surface area contributed by atoms with Crippen LogP contribution in [0.2, 0.25) is 0 Å². The minimum atomic E-state index is 0.129. The van der Waals surface area contributed by atoms with E-state index in [9.17, 15) is 5.11 Å². The highest BCUT2D eigenvalue weighted by molar-refractivity contribution is 5.73. The summed E-state index contributed by atoms with van der Waals surface area (Å²) in [5, 5.41) is 29.6. The van der Waals surface area contributed by atoms with Gasteiger partial charge < -0.3 is 15.2 Å². The zero-order valence-corrected chi connectivity index (χ0v) is 17.4. The summed E-state index contributed by atoms with van der Waals surface area (Å²) in [5.74, 6) is 0.689. The molecule has 0 radical (unpaired) electrons. The van der Waals surface area contributed by atoms with Crippen LogP contribution >= 0.6 is 0 Å². The van der Waals surface area contributed by atoms with Crippen molar-refractivity contribution in [1.29, 1.82) is 0 Å². The second kappa shape index (κ2) is 7.09. The van der Waals surface area contributed by atoms with Gasteiger partial charge in [0, 0.05) is 47.3 Å². The molecule has 2 saturated heterocycles. The third-order valence-corrected chi connectivity index (χ3v) is 6.45. The van der Waals surface area contributed by atoms with Crippen molar-refractivity contribution in [2.45, 2.75) is 63.1 Å². The zero-order chi connectivity index (χ0) is 20.8. The third-order valence-electron chi connectivity index (χ3n) is 6.45. The molecule has 1 aromatic carbocycles. The molecule has 2 aliphatic rings. The summed E-state index contributed by atoms with van der Waals surface area (Å²) < 4.78 is 6.22. The van der Waals surface area contributed by atoms with Crippen LogP contribution in [-0.4, -0.2) is 42.7 Å². The molecule has 0 spiro atoms. The van der Waals surface area contributed by atoms with Crippen molar-refractivity contribution in [1.82, 2.24) is 25.7 Å². The highest BCUT2D eigenvalue weighted by Gasteiger charge is 2.46. The Kier molecular flexibility index (Phi) is 4.50. The predicted molar refractivity (Wildman–Crippen MR) is 114 cm³/mol. The van der Waals surface area contributed by atoms with Gasteiger partial charge in [-0.2, -0.15) is 5.10 Å². The number of benzene rings is 1. The Balaban J connectivity index is 1.31. The average Bonchev–Trinajstić information content (AvgIpc) is 3.22. The number of nitrogens with zero attached hydrogens (tertiary/aromatic N) is 3. The molecular weight excluding hydrogens is 378 g/mol. The standard InChI is InChI=1S/C23H27N5O2/c1-22-8-3-9-23(2,28-22)12-17(11-22)30-21-7-6-19(26-27-21)18-5-4-15(10-20(18)29)16-13-24-25-14-16/h4-7,10,13-14,17,28-29H,3,8-9,11-12H2,1-2H3,(H,24,25). The van der Waals surface area contributed by atoms with Gasteiger partial charge in [-0.1, -0.05) is 6.07 Å². The predicted octanol–water partition coefficient (Wildman–Crippen LogP) is 4.07. The Bertz CT molecular complexity index is 1020. The van der Waals surface area contributed by atoms with E-state index in [0.717, 1.165) is 24.0 Å². The molecule has 2 aromatic heterocycles. The Morgan fingerprint density at radius 1 is 1.03 bits per heavy atom. The highest BCUT2D eigenvalue weighted by atomic mass is 16.5. The summed E-state index contributed by atoms with van der Waals surface area (Å²) in [4.78, 5) is 0. The first kappa shape index (κ1) is 19.1. The SMILES string of the molecule is CC12CCCC(C)(CC(Oc3ccc(-c4ccc(-c5cn[nH]c5)cc4O)nn3)C1)N2. The first-order chi connectivity index (χ1) is 14.4. The Labute approximate surface area is 175 Å². The first-order valence-corrected chi connectivity index (χ1v) is 10.5. The molecule has 2 bridgehead atoms. The number of rotatable bonds is 4. The maximum atomic E-state index is 10.5. The van der Waals surface area contributed by atoms with Crippen LogP contribution < -0.4 is 10.1 Å². The average molecular weight is 406 g/mol. The third kappa shape index (κ3) is 3.65. The molecule has 7 heteroatoms. The summed E-state index contributed by atoms with van der Waals surface area (Å²) in [6.45, 7) is 4.59. The van der Waals surface area contributed by atoms with Crippen molar-refractivity contribution in [3.05, 3.63) is 42.7 Å². The van der Waals surface area contributed by atoms with Gasteiger partial charge in [0.15, 0.2) is 0 Å². The van der Waals surface area contributed by atoms with Crippen molar-refractivity contribution in [2.24, 2.45) is 0 Å². The van der Waals surface area contributed by atoms with Gasteiger partial charge in [-0.25, -0.2) is 0 Å². The molecule has 156 valence electrons. The number of hydrogen-bond donors (Lipinski definition) is 3. The Morgan fingerprint density at radius 2 is 1.83 bits per heavy atom. The number of hydrogen-bond acceptors (Lipinski definition) is 6. The van der Waals surface area contributed by atoms with Gasteiger partial charge in [0.1, 0.15) is 11.9 Å². The first-order valence-electron chi connectivity index (χ1n) is 10.5. The molecule has 2 aliphatic heterocycles. The lowest BCUT2D eigenvalue weighted by Crippen LogP contribution is -2.65. The lowest BCUT2D eigenvalue weighted by molar-refractivity contribution is 0.00727. The fraction of sp³-hybridized carbons (Fsp3) is 0.435. The van der Waals surface area contributed by atoms with Crippen LogP contribution in [-0.2, 0) is 0 Å². The molecular formula is C23H27N5O2. The second-order valence-electron chi connectivity index (χ2n) is 9.22. The van der Waals surface area contributed by atoms with Gasteiger partial charge in [0.25, 0.3) is 0 Å². The van der Waals surface area contributed by atoms with Gasteiger partial charge in [-0.15, -0.1) is 10.2 Å². The number of piperidine rings is 2. The van der Waals surface area contributed by atoms with E-state index in [-0.39, 0.29) is 22.9 Å². The van der Waals surface area contributed by atoms with Gasteiger partial charge in [0.05, 0.1) is 11.9 Å². The number of fused-ring (bicyclic) bond motifs is 2. The Hall–Kier alpha value is -2.93. The number of H-pyrrole nitrogens is 1. The lowest BCUT2D eigenvalue weighted by Gasteiger charge is -2.53. The molecule has 3 aromatic rings. The van der Waals surface area contributed by atoms with Crippen molar-refractivity contribution in [2.75, 3.05) is 0 Å². The van der Waals surface area contributed by atoms with E-state index < -0.39 is 0 Å². The molecule has 4 heterocycles. The van der Waals surface area contributed by atoms with Crippen molar-refractivity contribution in [3.8, 4) is 34.0 Å². The number of aromatic hydroxyl groups is 1. The molecule has 2 unspecified atom stereocenters. The number of phenols is 1. The maximum absolute atomic E-state index is 10.5. The summed E-state index contributed by atoms with van der Waals surface area (Å²) >= 11 is 0. The fourth-order valence-electron chi connectivity index (χ4n) is 5.22. The normalized spacial score (nSPS) is 28.3. The number of aromatic nitrogens is 4. The molecule has 0 amide bonds. The summed E-state index contributed by atoms with van der Waals surface area (Å²) in [6.07, 6.45) is 9.22. The molecule has 0 saturated carbocycles. The maximum Gasteiger partial charge on any atom is 0.233 e. The molecule has 0 aliphatic carbocycles. The number of nitrogens with one attached hydrogen (secondary N) is 2. The summed E-state index contributed by atoms with van der Waals surface area (Å²) in [7, 11) is 0. The van der Waals surface area contributed by atoms with Crippen LogP contribution in [0.15, 0.2) is 42.7 Å². The minimum Gasteiger partial charge on any atom is -0.507 e. The molecule has 30 heavy (non-hydrogen) atoms. The van der Waals surface area contributed by atoms with Gasteiger partial charge in [-0.3, -0.25) is 5.10 Å². The molecule has 5 rings (SSSR count). The van der Waals surface area contributed by atoms with E-state index >= 15 is 0 Å². The summed E-state index contributed by atoms with van der Waals surface area (Å²) in [5.41, 5.74) is 3.31. The van der Waals surface area contributed by atoms with Crippen LogP contribution in [0.25, 0.3) is 22.4 Å². The van der Waals surface area contributed by atoms with Gasteiger partial charge in [0.2, 0.25) is 5.88 Å².